The van der Waals surface area contributed by atoms with Crippen LogP contribution in [0.5, 0.6) is 0 Å². The van der Waals surface area contributed by atoms with Crippen LogP contribution in [0.1, 0.15) is 15.9 Å². The van der Waals surface area contributed by atoms with Crippen molar-refractivity contribution in [3.8, 4) is 0 Å². The predicted octanol–water partition coefficient (Wildman–Crippen LogP) is 1.76. The van der Waals surface area contributed by atoms with Crippen molar-refractivity contribution >= 4 is 17.4 Å². The minimum absolute atomic E-state index is 0.189. The lowest BCUT2D eigenvalue weighted by Gasteiger charge is -1.99. The van der Waals surface area contributed by atoms with Crippen molar-refractivity contribution in [2.45, 2.75) is 0 Å². The Labute approximate surface area is 91.0 Å². The second-order valence-electron chi connectivity index (χ2n) is 2.85. The highest BCUT2D eigenvalue weighted by Crippen LogP contribution is 2.12. The summed E-state index contributed by atoms with van der Waals surface area (Å²) in [6, 6.07) is 1.56. The van der Waals surface area contributed by atoms with Gasteiger partial charge in [0.15, 0.2) is 5.78 Å². The quantitative estimate of drug-likeness (QED) is 0.723. The van der Waals surface area contributed by atoms with Gasteiger partial charge in [-0.25, -0.2) is 9.97 Å². The Hall–Kier alpha value is -1.81. The summed E-state index contributed by atoms with van der Waals surface area (Å²) in [5.41, 5.74) is 0.846. The number of ketones is 1. The van der Waals surface area contributed by atoms with Crippen LogP contribution in [0.15, 0.2) is 37.2 Å². The number of aromatic nitrogens is 3. The van der Waals surface area contributed by atoms with E-state index < -0.39 is 0 Å². The Morgan fingerprint density at radius 1 is 1.00 bits per heavy atom. The van der Waals surface area contributed by atoms with E-state index in [9.17, 15) is 4.79 Å². The van der Waals surface area contributed by atoms with Gasteiger partial charge in [-0.3, -0.25) is 9.78 Å². The predicted molar refractivity (Wildman–Crippen MR) is 54.7 cm³/mol. The molecule has 2 heterocycles. The van der Waals surface area contributed by atoms with E-state index in [2.05, 4.69) is 15.0 Å². The second kappa shape index (κ2) is 4.14. The molecule has 2 aromatic rings. The first-order valence-electron chi connectivity index (χ1n) is 4.17. The molecule has 0 spiro atoms. The Kier molecular flexibility index (Phi) is 2.69. The van der Waals surface area contributed by atoms with Crippen molar-refractivity contribution in [2.75, 3.05) is 0 Å². The molecule has 15 heavy (non-hydrogen) atoms. The summed E-state index contributed by atoms with van der Waals surface area (Å²) in [6.07, 6.45) is 7.21. The standard InChI is InChI=1S/C10H6ClN3O/c11-9-1-7(2-12-5-9)10(15)8-3-13-6-14-4-8/h1-6H. The van der Waals surface area contributed by atoms with Gasteiger partial charge >= 0.3 is 0 Å². The van der Waals surface area contributed by atoms with Gasteiger partial charge in [0.25, 0.3) is 0 Å². The molecule has 5 heteroatoms. The third-order valence-corrected chi connectivity index (χ3v) is 2.00. The van der Waals surface area contributed by atoms with E-state index in [4.69, 9.17) is 11.6 Å². The van der Waals surface area contributed by atoms with Crippen molar-refractivity contribution < 1.29 is 4.79 Å². The number of carbonyl (C=O) groups is 1. The van der Waals surface area contributed by atoms with E-state index in [1.54, 1.807) is 6.07 Å². The fourth-order valence-electron chi connectivity index (χ4n) is 1.12. The molecule has 0 unspecified atom stereocenters. The third-order valence-electron chi connectivity index (χ3n) is 1.79. The van der Waals surface area contributed by atoms with Gasteiger partial charge in [0.2, 0.25) is 0 Å². The zero-order chi connectivity index (χ0) is 10.7. The van der Waals surface area contributed by atoms with Gasteiger partial charge in [0.1, 0.15) is 6.33 Å². The van der Waals surface area contributed by atoms with Crippen molar-refractivity contribution in [3.63, 3.8) is 0 Å². The molecule has 4 nitrogen and oxygen atoms in total. The van der Waals surface area contributed by atoms with E-state index in [1.807, 2.05) is 0 Å². The Bertz CT molecular complexity index is 487. The summed E-state index contributed by atoms with van der Waals surface area (Å²) in [6.45, 7) is 0. The zero-order valence-electron chi connectivity index (χ0n) is 7.59. The number of pyridine rings is 1. The van der Waals surface area contributed by atoms with E-state index >= 15 is 0 Å². The first kappa shape index (κ1) is 9.73. The summed E-state index contributed by atoms with van der Waals surface area (Å²) < 4.78 is 0. The monoisotopic (exact) mass is 219 g/mol. The second-order valence-corrected chi connectivity index (χ2v) is 3.28. The van der Waals surface area contributed by atoms with Crippen molar-refractivity contribution in [2.24, 2.45) is 0 Å². The molecule has 74 valence electrons. The molecule has 0 aliphatic carbocycles. The van der Waals surface area contributed by atoms with Crippen LogP contribution in [0.2, 0.25) is 5.02 Å². The highest BCUT2D eigenvalue weighted by atomic mass is 35.5. The zero-order valence-corrected chi connectivity index (χ0v) is 8.35. The van der Waals surface area contributed by atoms with Crippen LogP contribution in [-0.4, -0.2) is 20.7 Å². The van der Waals surface area contributed by atoms with Crippen molar-refractivity contribution in [1.29, 1.82) is 0 Å². The average molecular weight is 220 g/mol. The van der Waals surface area contributed by atoms with Crippen LogP contribution in [-0.2, 0) is 0 Å². The van der Waals surface area contributed by atoms with Crippen LogP contribution >= 0.6 is 11.6 Å². The lowest BCUT2D eigenvalue weighted by molar-refractivity contribution is 0.103. The molecule has 0 bridgehead atoms. The van der Waals surface area contributed by atoms with Crippen LogP contribution in [0, 0.1) is 0 Å². The van der Waals surface area contributed by atoms with Gasteiger partial charge in [0.05, 0.1) is 10.6 Å². The summed E-state index contributed by atoms with van der Waals surface area (Å²) in [7, 11) is 0. The number of hydrogen-bond donors (Lipinski definition) is 0. The molecule has 0 aliphatic heterocycles. The van der Waals surface area contributed by atoms with E-state index in [0.717, 1.165) is 0 Å². The van der Waals surface area contributed by atoms with Gasteiger partial charge in [-0.1, -0.05) is 11.6 Å². The van der Waals surface area contributed by atoms with Gasteiger partial charge in [0, 0.05) is 30.4 Å². The molecule has 2 aromatic heterocycles. The molecular formula is C10H6ClN3O. The summed E-state index contributed by atoms with van der Waals surface area (Å²) in [4.78, 5) is 23.2. The lowest BCUT2D eigenvalue weighted by atomic mass is 10.1. The van der Waals surface area contributed by atoms with Gasteiger partial charge < -0.3 is 0 Å². The van der Waals surface area contributed by atoms with E-state index in [-0.39, 0.29) is 5.78 Å². The molecule has 0 saturated heterocycles. The molecule has 0 saturated carbocycles. The Morgan fingerprint density at radius 2 is 1.67 bits per heavy atom. The summed E-state index contributed by atoms with van der Waals surface area (Å²) in [5, 5.41) is 0.428. The molecule has 0 atom stereocenters. The van der Waals surface area contributed by atoms with Crippen molar-refractivity contribution in [3.05, 3.63) is 53.3 Å². The topological polar surface area (TPSA) is 55.7 Å². The third kappa shape index (κ3) is 2.16. The van der Waals surface area contributed by atoms with Crippen molar-refractivity contribution in [1.82, 2.24) is 15.0 Å². The number of hydrogen-bond acceptors (Lipinski definition) is 4. The smallest absolute Gasteiger partial charge is 0.197 e. The maximum atomic E-state index is 11.8. The number of rotatable bonds is 2. The minimum Gasteiger partial charge on any atom is -0.288 e. The molecule has 0 aromatic carbocycles. The molecular weight excluding hydrogens is 214 g/mol. The molecule has 2 rings (SSSR count). The largest absolute Gasteiger partial charge is 0.288 e. The number of nitrogens with zero attached hydrogens (tertiary/aromatic N) is 3. The molecule has 0 N–H and O–H groups in total. The SMILES string of the molecule is O=C(c1cncnc1)c1cncc(Cl)c1. The number of carbonyl (C=O) groups excluding carboxylic acids is 1. The molecule has 0 radical (unpaired) electrons. The molecule has 0 fully saturated rings. The fraction of sp³-hybridized carbons (Fsp3) is 0. The first-order valence-corrected chi connectivity index (χ1v) is 4.55. The summed E-state index contributed by atoms with van der Waals surface area (Å²) in [5.74, 6) is -0.189. The summed E-state index contributed by atoms with van der Waals surface area (Å²) >= 11 is 5.73. The first-order chi connectivity index (χ1) is 7.27. The number of halogens is 1. The Balaban J connectivity index is 2.37. The minimum atomic E-state index is -0.189. The Morgan fingerprint density at radius 3 is 2.33 bits per heavy atom. The maximum Gasteiger partial charge on any atom is 0.197 e. The van der Waals surface area contributed by atoms with Crippen LogP contribution < -0.4 is 0 Å². The van der Waals surface area contributed by atoms with Crippen LogP contribution in [0.25, 0.3) is 0 Å². The van der Waals surface area contributed by atoms with Gasteiger partial charge in [-0.05, 0) is 6.07 Å². The van der Waals surface area contributed by atoms with Gasteiger partial charge in [-0.2, -0.15) is 0 Å². The fourth-order valence-corrected chi connectivity index (χ4v) is 1.29. The van der Waals surface area contributed by atoms with E-state index in [0.29, 0.717) is 16.1 Å². The van der Waals surface area contributed by atoms with Crippen LogP contribution in [0.3, 0.4) is 0 Å². The lowest BCUT2D eigenvalue weighted by Crippen LogP contribution is -2.02. The van der Waals surface area contributed by atoms with Crippen LogP contribution in [0.4, 0.5) is 0 Å². The highest BCUT2D eigenvalue weighted by molar-refractivity contribution is 6.31. The van der Waals surface area contributed by atoms with Gasteiger partial charge in [-0.15, -0.1) is 0 Å². The maximum absolute atomic E-state index is 11.8. The highest BCUT2D eigenvalue weighted by Gasteiger charge is 2.09. The normalized spacial score (nSPS) is 9.93. The molecule has 0 amide bonds. The molecule has 0 aliphatic rings. The average Bonchev–Trinajstić information content (AvgIpc) is 2.29. The van der Waals surface area contributed by atoms with E-state index in [1.165, 1.54) is 31.1 Å².